The summed E-state index contributed by atoms with van der Waals surface area (Å²) in [5, 5.41) is 13.3. The number of H-pyrrole nitrogens is 1. The molecule has 4 aromatic carbocycles. The fraction of sp³-hybridized carbons (Fsp3) is 0.0385. The van der Waals surface area contributed by atoms with E-state index in [0.29, 0.717) is 0 Å². The van der Waals surface area contributed by atoms with Crippen LogP contribution in [0.5, 0.6) is 0 Å². The molecule has 0 unspecified atom stereocenters. The van der Waals surface area contributed by atoms with Gasteiger partial charge in [-0.15, -0.1) is 0 Å². The summed E-state index contributed by atoms with van der Waals surface area (Å²) in [6.07, 6.45) is 0.880. The van der Waals surface area contributed by atoms with Crippen LogP contribution in [0.4, 0.5) is 0 Å². The molecule has 0 amide bonds. The molecule has 30 heavy (non-hydrogen) atoms. The average Bonchev–Trinajstić information content (AvgIpc) is 3.23. The van der Waals surface area contributed by atoms with Gasteiger partial charge in [0.2, 0.25) is 0 Å². The molecule has 0 aliphatic heterocycles. The zero-order valence-electron chi connectivity index (χ0n) is 16.4. The predicted octanol–water partition coefficient (Wildman–Crippen LogP) is 5.94. The Morgan fingerprint density at radius 1 is 0.600 bits per heavy atom. The van der Waals surface area contributed by atoms with Gasteiger partial charge >= 0.3 is 190 Å². The maximum atomic E-state index is 4.61. The molecule has 5 rings (SSSR count). The quantitative estimate of drug-likeness (QED) is 0.226. The number of para-hydroxylation sites is 1. The Kier molecular flexibility index (Phi) is 4.96. The van der Waals surface area contributed by atoms with Gasteiger partial charge in [-0.2, -0.15) is 0 Å². The summed E-state index contributed by atoms with van der Waals surface area (Å²) in [5.41, 5.74) is 2.21. The van der Waals surface area contributed by atoms with Crippen molar-refractivity contribution < 1.29 is 0 Å². The van der Waals surface area contributed by atoms with Crippen LogP contribution in [0, 0.1) is 0 Å². The van der Waals surface area contributed by atoms with Crippen molar-refractivity contribution in [3.05, 3.63) is 121 Å². The second kappa shape index (κ2) is 7.64. The van der Waals surface area contributed by atoms with Gasteiger partial charge in [0.1, 0.15) is 0 Å². The first kappa shape index (κ1) is 19.5. The molecule has 0 atom stereocenters. The molecule has 1 heterocycles. The van der Waals surface area contributed by atoms with Crippen molar-refractivity contribution >= 4 is 53.1 Å². The molecular weight excluding hydrogens is 498 g/mol. The van der Waals surface area contributed by atoms with Gasteiger partial charge in [0.25, 0.3) is 0 Å². The molecule has 0 spiro atoms. The molecule has 1 N–H and O–H groups in total. The first-order valence-corrected chi connectivity index (χ1v) is 15.2. The number of nitrogens with one attached hydrogen (secondary N) is 1. The van der Waals surface area contributed by atoms with E-state index < -0.39 is 4.25 Å². The van der Waals surface area contributed by atoms with Gasteiger partial charge < -0.3 is 0 Å². The molecule has 0 aliphatic carbocycles. The molecule has 1 aromatic heterocycles. The van der Waals surface area contributed by atoms with E-state index in [9.17, 15) is 0 Å². The van der Waals surface area contributed by atoms with Crippen molar-refractivity contribution in [2.24, 2.45) is 0 Å². The number of halogens is 1. The number of benzene rings is 4. The zero-order valence-corrected chi connectivity index (χ0v) is 19.5. The van der Waals surface area contributed by atoms with E-state index in [-0.39, 0.29) is 0 Å². The normalized spacial score (nSPS) is 13.0. The van der Waals surface area contributed by atoms with Crippen molar-refractivity contribution in [3.8, 4) is 0 Å². The fourth-order valence-corrected chi connectivity index (χ4v) is 12.9. The van der Waals surface area contributed by atoms with Gasteiger partial charge in [-0.05, 0) is 0 Å². The Bertz CT molecular complexity index is 1180. The Morgan fingerprint density at radius 3 is 1.53 bits per heavy atom. The van der Waals surface area contributed by atoms with Crippen LogP contribution in [-0.2, 0) is 6.16 Å². The minimum atomic E-state index is -2.87. The molecule has 2 nitrogen and oxygen atoms in total. The number of aromatic amines is 1. The van der Waals surface area contributed by atoms with Crippen LogP contribution in [0.1, 0.15) is 5.69 Å². The summed E-state index contributed by atoms with van der Waals surface area (Å²) < 4.78 is -2.87. The van der Waals surface area contributed by atoms with Gasteiger partial charge in [0, 0.05) is 0 Å². The fourth-order valence-electron chi connectivity index (χ4n) is 4.37. The summed E-state index contributed by atoms with van der Waals surface area (Å²) in [7, 11) is 0. The van der Waals surface area contributed by atoms with Crippen molar-refractivity contribution in [1.82, 2.24) is 10.2 Å². The van der Waals surface area contributed by atoms with Gasteiger partial charge in [0.15, 0.2) is 0 Å². The second-order valence-corrected chi connectivity index (χ2v) is 18.2. The van der Waals surface area contributed by atoms with Crippen LogP contribution >= 0.6 is 26.3 Å². The molecule has 0 aliphatic rings. The summed E-state index contributed by atoms with van der Waals surface area (Å²) >= 11 is 2.82. The van der Waals surface area contributed by atoms with Crippen molar-refractivity contribution in [1.29, 1.82) is 0 Å². The van der Waals surface area contributed by atoms with Gasteiger partial charge in [-0.1, -0.05) is 0 Å². The number of fused-ring (bicyclic) bond motifs is 1. The summed E-state index contributed by atoms with van der Waals surface area (Å²) in [6, 6.07) is 41.4. The van der Waals surface area contributed by atoms with Gasteiger partial charge in [-0.3, -0.25) is 0 Å². The standard InChI is InChI=1S/C26H22IN2P/c27-30(21-12-4-1-5-13-21,22-14-6-2-7-15-22,23-16-8-3-9-17-23)20-26-24-18-10-11-19-25(24)28-29-26/h1-19H,20H2,(H,28,29). The number of rotatable bonds is 5. The van der Waals surface area contributed by atoms with Crippen LogP contribution in [0.3, 0.4) is 0 Å². The Hall–Kier alpha value is -2.49. The molecule has 4 heteroatoms. The number of aromatic nitrogens is 2. The maximum absolute atomic E-state index is 4.61. The van der Waals surface area contributed by atoms with E-state index in [1.165, 1.54) is 27.0 Å². The van der Waals surface area contributed by atoms with E-state index in [1.807, 2.05) is 6.07 Å². The molecule has 148 valence electrons. The third-order valence-electron chi connectivity index (χ3n) is 5.88. The SMILES string of the molecule is IP(Cc1[nH]nc2ccccc12)(c1ccccc1)(c1ccccc1)c1ccccc1. The molecule has 0 saturated heterocycles. The first-order chi connectivity index (χ1) is 14.7. The van der Waals surface area contributed by atoms with Crippen LogP contribution in [-0.4, -0.2) is 10.2 Å². The van der Waals surface area contributed by atoms with E-state index in [2.05, 4.69) is 141 Å². The molecule has 0 radical (unpaired) electrons. The average molecular weight is 520 g/mol. The van der Waals surface area contributed by atoms with Crippen molar-refractivity contribution in [3.63, 3.8) is 0 Å². The van der Waals surface area contributed by atoms with E-state index >= 15 is 0 Å². The van der Waals surface area contributed by atoms with Crippen molar-refractivity contribution in [2.75, 3.05) is 0 Å². The second-order valence-electron chi connectivity index (χ2n) is 7.57. The molecule has 0 fully saturated rings. The summed E-state index contributed by atoms with van der Waals surface area (Å²) in [5.74, 6) is 0. The monoisotopic (exact) mass is 520 g/mol. The Morgan fingerprint density at radius 2 is 1.03 bits per heavy atom. The zero-order chi connectivity index (χ0) is 20.5. The summed E-state index contributed by atoms with van der Waals surface area (Å²) in [6.45, 7) is 0. The Balaban J connectivity index is 1.88. The third kappa shape index (κ3) is 3.00. The molecule has 0 saturated carbocycles. The predicted molar refractivity (Wildman–Crippen MR) is 139 cm³/mol. The van der Waals surface area contributed by atoms with Crippen molar-refractivity contribution in [2.45, 2.75) is 6.16 Å². The molecule has 0 bridgehead atoms. The third-order valence-corrected chi connectivity index (χ3v) is 17.0. The Labute approximate surface area is 189 Å². The van der Waals surface area contributed by atoms with E-state index in [0.717, 1.165) is 11.7 Å². The van der Waals surface area contributed by atoms with Crippen LogP contribution in [0.2, 0.25) is 0 Å². The number of hydrogen-bond donors (Lipinski definition) is 1. The van der Waals surface area contributed by atoms with Gasteiger partial charge in [-0.25, -0.2) is 0 Å². The minimum absolute atomic E-state index is 0.880. The number of nitrogens with zero attached hydrogens (tertiary/aromatic N) is 1. The van der Waals surface area contributed by atoms with Gasteiger partial charge in [0.05, 0.1) is 0 Å². The van der Waals surface area contributed by atoms with E-state index in [4.69, 9.17) is 0 Å². The summed E-state index contributed by atoms with van der Waals surface area (Å²) in [4.78, 5) is 0. The van der Waals surface area contributed by atoms with Crippen LogP contribution in [0.25, 0.3) is 10.9 Å². The first-order valence-electron chi connectivity index (χ1n) is 10.0. The van der Waals surface area contributed by atoms with Crippen LogP contribution in [0.15, 0.2) is 115 Å². The topological polar surface area (TPSA) is 28.7 Å². The van der Waals surface area contributed by atoms with Crippen LogP contribution < -0.4 is 15.9 Å². The van der Waals surface area contributed by atoms with E-state index in [1.54, 1.807) is 0 Å². The molecular formula is C26H22IN2P. The molecule has 5 aromatic rings. The number of hydrogen-bond acceptors (Lipinski definition) is 1.